The zero-order valence-corrected chi connectivity index (χ0v) is 13.1. The van der Waals surface area contributed by atoms with Crippen LogP contribution in [0.25, 0.3) is 0 Å². The van der Waals surface area contributed by atoms with E-state index in [1.54, 1.807) is 11.3 Å². The maximum atomic E-state index is 11.0. The first kappa shape index (κ1) is 16.4. The van der Waals surface area contributed by atoms with E-state index < -0.39 is 6.10 Å². The van der Waals surface area contributed by atoms with Gasteiger partial charge in [0.2, 0.25) is 5.91 Å². The Kier molecular flexibility index (Phi) is 6.56. The lowest BCUT2D eigenvalue weighted by Gasteiger charge is -2.24. The van der Waals surface area contributed by atoms with Crippen molar-refractivity contribution in [3.63, 3.8) is 0 Å². The van der Waals surface area contributed by atoms with Crippen molar-refractivity contribution in [3.8, 4) is 0 Å². The second-order valence-electron chi connectivity index (χ2n) is 5.29. The van der Waals surface area contributed by atoms with Crippen LogP contribution in [0.4, 0.5) is 0 Å². The van der Waals surface area contributed by atoms with Crippen molar-refractivity contribution >= 4 is 17.2 Å². The predicted octanol–water partition coefficient (Wildman–Crippen LogP) is 0.240. The Hall–Kier alpha value is -1.02. The van der Waals surface area contributed by atoms with Crippen LogP contribution in [0, 0.1) is 6.92 Å². The summed E-state index contributed by atoms with van der Waals surface area (Å²) in [6, 6.07) is 0.247. The second-order valence-corrected chi connectivity index (χ2v) is 6.23. The van der Waals surface area contributed by atoms with Crippen molar-refractivity contribution in [3.05, 3.63) is 16.1 Å². The molecule has 1 saturated heterocycles. The summed E-state index contributed by atoms with van der Waals surface area (Å²) in [6.45, 7) is 4.04. The molecule has 7 heteroatoms. The predicted molar refractivity (Wildman–Crippen MR) is 81.4 cm³/mol. The van der Waals surface area contributed by atoms with E-state index in [0.29, 0.717) is 32.7 Å². The van der Waals surface area contributed by atoms with Crippen LogP contribution in [-0.2, 0) is 16.0 Å². The Morgan fingerprint density at radius 3 is 3.19 bits per heavy atom. The number of aromatic nitrogens is 1. The van der Waals surface area contributed by atoms with Crippen molar-refractivity contribution in [2.24, 2.45) is 0 Å². The summed E-state index contributed by atoms with van der Waals surface area (Å²) in [5.74, 6) is 0.107. The van der Waals surface area contributed by atoms with Gasteiger partial charge in [-0.1, -0.05) is 0 Å². The molecule has 21 heavy (non-hydrogen) atoms. The lowest BCUT2D eigenvalue weighted by Crippen LogP contribution is -2.48. The highest BCUT2D eigenvalue weighted by Gasteiger charge is 2.18. The van der Waals surface area contributed by atoms with E-state index in [9.17, 15) is 9.90 Å². The van der Waals surface area contributed by atoms with Gasteiger partial charge in [-0.15, -0.1) is 11.3 Å². The van der Waals surface area contributed by atoms with Crippen molar-refractivity contribution < 1.29 is 14.6 Å². The smallest absolute Gasteiger partial charge is 0.220 e. The van der Waals surface area contributed by atoms with Gasteiger partial charge in [0.1, 0.15) is 0 Å². The number of aryl methyl sites for hydroxylation is 1. The minimum Gasteiger partial charge on any atom is -0.389 e. The van der Waals surface area contributed by atoms with Crippen molar-refractivity contribution in [1.82, 2.24) is 15.6 Å². The molecular weight excluding hydrogens is 290 g/mol. The van der Waals surface area contributed by atoms with Crippen LogP contribution in [0.5, 0.6) is 0 Å². The number of hydrogen-bond acceptors (Lipinski definition) is 6. The molecule has 1 aliphatic rings. The largest absolute Gasteiger partial charge is 0.389 e. The van der Waals surface area contributed by atoms with Crippen LogP contribution >= 0.6 is 11.3 Å². The monoisotopic (exact) mass is 313 g/mol. The van der Waals surface area contributed by atoms with Gasteiger partial charge in [-0.3, -0.25) is 4.79 Å². The van der Waals surface area contributed by atoms with Crippen molar-refractivity contribution in [2.75, 3.05) is 26.3 Å². The number of aliphatic hydroxyl groups is 1. The molecule has 2 rings (SSSR count). The Morgan fingerprint density at radius 1 is 1.67 bits per heavy atom. The van der Waals surface area contributed by atoms with E-state index in [1.807, 2.05) is 12.4 Å². The number of rotatable bonds is 8. The van der Waals surface area contributed by atoms with Crippen LogP contribution in [0.3, 0.4) is 0 Å². The number of thiazole rings is 1. The molecule has 0 aliphatic carbocycles. The fourth-order valence-electron chi connectivity index (χ4n) is 2.22. The molecule has 0 saturated carbocycles. The van der Waals surface area contributed by atoms with Gasteiger partial charge in [-0.05, 0) is 13.3 Å². The van der Waals surface area contributed by atoms with Crippen LogP contribution in [0.1, 0.15) is 23.4 Å². The van der Waals surface area contributed by atoms with E-state index >= 15 is 0 Å². The zero-order chi connectivity index (χ0) is 15.1. The third kappa shape index (κ3) is 5.70. The van der Waals surface area contributed by atoms with Crippen LogP contribution < -0.4 is 10.6 Å². The van der Waals surface area contributed by atoms with E-state index in [1.165, 1.54) is 4.88 Å². The molecule has 1 amide bonds. The van der Waals surface area contributed by atoms with Gasteiger partial charge in [0.15, 0.2) is 0 Å². The second kappa shape index (κ2) is 8.43. The van der Waals surface area contributed by atoms with Gasteiger partial charge in [-0.2, -0.15) is 0 Å². The van der Waals surface area contributed by atoms with Crippen LogP contribution in [0.15, 0.2) is 5.51 Å². The normalized spacial score (nSPS) is 20.3. The first-order chi connectivity index (χ1) is 10.1. The molecule has 0 radical (unpaired) electrons. The number of amides is 1. The number of ether oxygens (including phenoxy) is 1. The van der Waals surface area contributed by atoms with Crippen LogP contribution in [-0.4, -0.2) is 54.4 Å². The van der Waals surface area contributed by atoms with Gasteiger partial charge in [0, 0.05) is 36.9 Å². The van der Waals surface area contributed by atoms with E-state index in [4.69, 9.17) is 4.74 Å². The summed E-state index contributed by atoms with van der Waals surface area (Å²) in [5.41, 5.74) is 2.90. The molecule has 118 valence electrons. The first-order valence-electron chi connectivity index (χ1n) is 7.30. The third-order valence-electron chi connectivity index (χ3n) is 3.54. The summed E-state index contributed by atoms with van der Waals surface area (Å²) in [5, 5.41) is 15.9. The topological polar surface area (TPSA) is 83.5 Å². The maximum absolute atomic E-state index is 11.0. The quantitative estimate of drug-likeness (QED) is 0.599. The number of nitrogens with zero attached hydrogens (tertiary/aromatic N) is 1. The average molecular weight is 313 g/mol. The van der Waals surface area contributed by atoms with Crippen molar-refractivity contribution in [1.29, 1.82) is 0 Å². The molecule has 2 unspecified atom stereocenters. The molecule has 1 fully saturated rings. The summed E-state index contributed by atoms with van der Waals surface area (Å²) < 4.78 is 5.50. The number of hydrogen-bond donors (Lipinski definition) is 3. The van der Waals surface area contributed by atoms with Gasteiger partial charge < -0.3 is 20.5 Å². The molecule has 6 nitrogen and oxygen atoms in total. The highest BCUT2D eigenvalue weighted by Crippen LogP contribution is 2.12. The SMILES string of the molecule is Cc1ncsc1CCOCC(O)CNC1CCC(=O)NC1. The highest BCUT2D eigenvalue weighted by atomic mass is 32.1. The third-order valence-corrected chi connectivity index (χ3v) is 4.53. The zero-order valence-electron chi connectivity index (χ0n) is 12.3. The standard InChI is InChI=1S/C14H23N3O3S/c1-10-13(21-9-17-10)4-5-20-8-12(18)7-15-11-2-3-14(19)16-6-11/h9,11-12,15,18H,2-8H2,1H3,(H,16,19). The molecule has 3 N–H and O–H groups in total. The van der Waals surface area contributed by atoms with E-state index in [-0.39, 0.29) is 11.9 Å². The minimum absolute atomic E-state index is 0.107. The Bertz CT molecular complexity index is 442. The Labute approximate surface area is 128 Å². The van der Waals surface area contributed by atoms with Crippen LogP contribution in [0.2, 0.25) is 0 Å². The van der Waals surface area contributed by atoms with Gasteiger partial charge in [0.25, 0.3) is 0 Å². The molecule has 1 aromatic heterocycles. The molecule has 2 heterocycles. The molecule has 0 aromatic carbocycles. The number of carbonyl (C=O) groups excluding carboxylic acids is 1. The number of piperidine rings is 1. The molecule has 2 atom stereocenters. The van der Waals surface area contributed by atoms with Gasteiger partial charge >= 0.3 is 0 Å². The summed E-state index contributed by atoms with van der Waals surface area (Å²) in [6.07, 6.45) is 1.69. The number of carbonyl (C=O) groups is 1. The summed E-state index contributed by atoms with van der Waals surface area (Å²) >= 11 is 1.64. The molecule has 1 aromatic rings. The number of nitrogens with one attached hydrogen (secondary N) is 2. The highest BCUT2D eigenvalue weighted by molar-refractivity contribution is 7.09. The Balaban J connectivity index is 1.52. The fourth-order valence-corrected chi connectivity index (χ4v) is 2.98. The number of aliphatic hydroxyl groups excluding tert-OH is 1. The van der Waals surface area contributed by atoms with E-state index in [2.05, 4.69) is 15.6 Å². The lowest BCUT2D eigenvalue weighted by atomic mass is 10.1. The Morgan fingerprint density at radius 2 is 2.52 bits per heavy atom. The van der Waals surface area contributed by atoms with Gasteiger partial charge in [-0.25, -0.2) is 4.98 Å². The average Bonchev–Trinajstić information content (AvgIpc) is 2.88. The first-order valence-corrected chi connectivity index (χ1v) is 8.18. The molecule has 0 bridgehead atoms. The molecule has 0 spiro atoms. The molecular formula is C14H23N3O3S. The fraction of sp³-hybridized carbons (Fsp3) is 0.714. The summed E-state index contributed by atoms with van der Waals surface area (Å²) in [4.78, 5) is 16.5. The van der Waals surface area contributed by atoms with E-state index in [0.717, 1.165) is 18.5 Å². The lowest BCUT2D eigenvalue weighted by molar-refractivity contribution is -0.122. The molecule has 1 aliphatic heterocycles. The maximum Gasteiger partial charge on any atom is 0.220 e. The minimum atomic E-state index is -0.523. The van der Waals surface area contributed by atoms with Crippen molar-refractivity contribution in [2.45, 2.75) is 38.3 Å². The summed E-state index contributed by atoms with van der Waals surface area (Å²) in [7, 11) is 0. The van der Waals surface area contributed by atoms with Gasteiger partial charge in [0.05, 0.1) is 30.5 Å².